The second-order valence-corrected chi connectivity index (χ2v) is 13.9. The molecule has 15 heteroatoms. The van der Waals surface area contributed by atoms with Crippen molar-refractivity contribution in [1.29, 1.82) is 0 Å². The number of nitrogens with zero attached hydrogens (tertiary/aromatic N) is 2. The number of phenols is 1. The number of carboxylic acid groups (broad SMARTS) is 1. The maximum absolute atomic E-state index is 14.3. The molecule has 0 aliphatic carbocycles. The molecule has 0 spiro atoms. The van der Waals surface area contributed by atoms with Crippen molar-refractivity contribution in [2.75, 3.05) is 6.54 Å². The topological polar surface area (TPSA) is 245 Å². The number of aliphatic carboxylic acids is 1. The minimum absolute atomic E-state index is 0.0356. The number of fused-ring (bicyclic) bond motifs is 1. The van der Waals surface area contributed by atoms with Gasteiger partial charge in [0.2, 0.25) is 17.7 Å². The minimum atomic E-state index is -1.33. The second kappa shape index (κ2) is 19.8. The summed E-state index contributed by atoms with van der Waals surface area (Å²) in [6.45, 7) is 0.383. The molecule has 0 radical (unpaired) electrons. The van der Waals surface area contributed by atoms with Crippen LogP contribution in [0.25, 0.3) is 10.9 Å². The van der Waals surface area contributed by atoms with E-state index in [1.807, 2.05) is 48.5 Å². The molecule has 298 valence electrons. The molecular formula is C42H47N7O8. The summed E-state index contributed by atoms with van der Waals surface area (Å²) in [5.41, 5.74) is 14.8. The standard InChI is InChI=1S/C42H47N7O8/c43-20-10-9-16-34(42(54)55)45-41(53)36(24-29-25-48(37-17-8-7-15-32(29)37)26-30-23-31(49(56)57)18-19-38(30)50)47-40(52)35(22-28-13-5-2-6-14-28)46-39(51)33(44)21-27-11-3-1-4-12-27/h1-8,11-15,17-19,23,25,33-36,50H,9-10,16,20-22,24,26,43-44H2,(H,45,53)(H,46,51)(H,47,52)(H,54,55)/t33-,34-,35-,36-/m0/s1. The van der Waals surface area contributed by atoms with Crippen LogP contribution < -0.4 is 27.4 Å². The number of hydrogen-bond acceptors (Lipinski definition) is 9. The van der Waals surface area contributed by atoms with Gasteiger partial charge in [0.25, 0.3) is 5.69 Å². The molecule has 0 aliphatic heterocycles. The summed E-state index contributed by atoms with van der Waals surface area (Å²) in [4.78, 5) is 65.0. The second-order valence-electron chi connectivity index (χ2n) is 13.9. The fraction of sp³-hybridized carbons (Fsp3) is 0.286. The third-order valence-electron chi connectivity index (χ3n) is 9.66. The average molecular weight is 778 g/mol. The molecule has 57 heavy (non-hydrogen) atoms. The number of unbranched alkanes of at least 4 members (excludes halogenated alkanes) is 1. The fourth-order valence-corrected chi connectivity index (χ4v) is 6.63. The van der Waals surface area contributed by atoms with Crippen LogP contribution in [-0.2, 0) is 45.0 Å². The number of nitro groups is 1. The lowest BCUT2D eigenvalue weighted by Crippen LogP contribution is -2.58. The van der Waals surface area contributed by atoms with Gasteiger partial charge >= 0.3 is 5.97 Å². The highest BCUT2D eigenvalue weighted by Crippen LogP contribution is 2.28. The number of carbonyl (C=O) groups is 4. The monoisotopic (exact) mass is 777 g/mol. The normalized spacial score (nSPS) is 13.2. The summed E-state index contributed by atoms with van der Waals surface area (Å²) in [5, 5.41) is 40.9. The highest BCUT2D eigenvalue weighted by atomic mass is 16.6. The number of aromatic hydroxyl groups is 1. The van der Waals surface area contributed by atoms with Crippen LogP contribution in [0.1, 0.15) is 41.5 Å². The quantitative estimate of drug-likeness (QED) is 0.0345. The van der Waals surface area contributed by atoms with E-state index in [2.05, 4.69) is 16.0 Å². The van der Waals surface area contributed by atoms with E-state index >= 15 is 0 Å². The number of nitro benzene ring substituents is 1. The highest BCUT2D eigenvalue weighted by molar-refractivity contribution is 5.95. The summed E-state index contributed by atoms with van der Waals surface area (Å²) in [7, 11) is 0. The van der Waals surface area contributed by atoms with Crippen molar-refractivity contribution in [3.8, 4) is 5.75 Å². The van der Waals surface area contributed by atoms with E-state index in [0.717, 1.165) is 11.1 Å². The molecule has 0 unspecified atom stereocenters. The van der Waals surface area contributed by atoms with Crippen molar-refractivity contribution in [3.05, 3.63) is 142 Å². The Morgan fingerprint density at radius 2 is 1.30 bits per heavy atom. The predicted molar refractivity (Wildman–Crippen MR) is 214 cm³/mol. The Morgan fingerprint density at radius 1 is 0.719 bits per heavy atom. The zero-order valence-corrected chi connectivity index (χ0v) is 31.3. The van der Waals surface area contributed by atoms with Gasteiger partial charge in [-0.3, -0.25) is 24.5 Å². The summed E-state index contributed by atoms with van der Waals surface area (Å²) in [6, 6.07) is 24.4. The van der Waals surface area contributed by atoms with Gasteiger partial charge in [0.1, 0.15) is 23.9 Å². The van der Waals surface area contributed by atoms with Gasteiger partial charge in [-0.05, 0) is 61.1 Å². The van der Waals surface area contributed by atoms with Gasteiger partial charge < -0.3 is 42.2 Å². The maximum atomic E-state index is 14.3. The van der Waals surface area contributed by atoms with Crippen molar-refractivity contribution < 1.29 is 34.3 Å². The molecule has 1 aromatic heterocycles. The van der Waals surface area contributed by atoms with Gasteiger partial charge in [0, 0.05) is 47.6 Å². The molecule has 4 atom stereocenters. The molecule has 5 aromatic rings. The first-order valence-electron chi connectivity index (χ1n) is 18.6. The fourth-order valence-electron chi connectivity index (χ4n) is 6.63. The molecule has 4 aromatic carbocycles. The number of nitrogens with one attached hydrogen (secondary N) is 3. The minimum Gasteiger partial charge on any atom is -0.508 e. The Hall–Kier alpha value is -6.58. The number of hydrogen-bond donors (Lipinski definition) is 7. The van der Waals surface area contributed by atoms with Gasteiger partial charge in [-0.1, -0.05) is 78.9 Å². The third kappa shape index (κ3) is 11.5. The number of amides is 3. The van der Waals surface area contributed by atoms with Gasteiger partial charge in [0.05, 0.1) is 17.5 Å². The van der Waals surface area contributed by atoms with Crippen molar-refractivity contribution in [2.45, 2.75) is 69.2 Å². The Balaban J connectivity index is 1.47. The summed E-state index contributed by atoms with van der Waals surface area (Å²) in [6.07, 6.45) is 2.99. The van der Waals surface area contributed by atoms with E-state index in [9.17, 15) is 39.5 Å². The van der Waals surface area contributed by atoms with Crippen molar-refractivity contribution in [1.82, 2.24) is 20.5 Å². The Bertz CT molecular complexity index is 2180. The number of para-hydroxylation sites is 1. The van der Waals surface area contributed by atoms with Crippen LogP contribution in [0, 0.1) is 10.1 Å². The van der Waals surface area contributed by atoms with Crippen LogP contribution in [0.4, 0.5) is 5.69 Å². The average Bonchev–Trinajstić information content (AvgIpc) is 3.54. The van der Waals surface area contributed by atoms with Crippen molar-refractivity contribution in [3.63, 3.8) is 0 Å². The van der Waals surface area contributed by atoms with Crippen LogP contribution >= 0.6 is 0 Å². The van der Waals surface area contributed by atoms with E-state index in [1.54, 1.807) is 47.2 Å². The Morgan fingerprint density at radius 3 is 1.93 bits per heavy atom. The van der Waals surface area contributed by atoms with Crippen LogP contribution in [0.3, 0.4) is 0 Å². The lowest BCUT2D eigenvalue weighted by molar-refractivity contribution is -0.384. The largest absolute Gasteiger partial charge is 0.508 e. The molecular weight excluding hydrogens is 731 g/mol. The summed E-state index contributed by atoms with van der Waals surface area (Å²) in [5.74, 6) is -3.43. The number of aromatic nitrogens is 1. The molecule has 0 saturated carbocycles. The van der Waals surface area contributed by atoms with Crippen LogP contribution in [-0.4, -0.2) is 74.1 Å². The molecule has 5 rings (SSSR count). The number of nitrogens with two attached hydrogens (primary N) is 2. The number of phenolic OH excluding ortho intramolecular Hbond substituents is 1. The van der Waals surface area contributed by atoms with E-state index < -0.39 is 52.8 Å². The van der Waals surface area contributed by atoms with Crippen LogP contribution in [0.2, 0.25) is 0 Å². The van der Waals surface area contributed by atoms with Gasteiger partial charge in [-0.15, -0.1) is 0 Å². The number of rotatable bonds is 20. The zero-order valence-electron chi connectivity index (χ0n) is 31.3. The third-order valence-corrected chi connectivity index (χ3v) is 9.66. The lowest BCUT2D eigenvalue weighted by atomic mass is 10.0. The van der Waals surface area contributed by atoms with Crippen LogP contribution in [0.15, 0.2) is 109 Å². The van der Waals surface area contributed by atoms with Gasteiger partial charge in [-0.25, -0.2) is 4.79 Å². The molecule has 1 heterocycles. The number of non-ortho nitro benzene ring substituents is 1. The first kappa shape index (κ1) is 41.6. The first-order chi connectivity index (χ1) is 27.4. The SMILES string of the molecule is NCCCC[C@H](NC(=O)[C@H](Cc1cn(Cc2cc([N+](=O)[O-])ccc2O)c2ccccc12)NC(=O)[C@H](Cc1ccccc1)NC(=O)[C@@H](N)Cc1ccccc1)C(=O)O. The van der Waals surface area contributed by atoms with Gasteiger partial charge in [-0.2, -0.15) is 0 Å². The van der Waals surface area contributed by atoms with Crippen molar-refractivity contribution >= 4 is 40.3 Å². The molecule has 0 saturated heterocycles. The number of carboxylic acids is 1. The summed E-state index contributed by atoms with van der Waals surface area (Å²) >= 11 is 0. The molecule has 0 aliphatic rings. The van der Waals surface area contributed by atoms with E-state index in [0.29, 0.717) is 35.9 Å². The van der Waals surface area contributed by atoms with Gasteiger partial charge in [0.15, 0.2) is 0 Å². The summed E-state index contributed by atoms with van der Waals surface area (Å²) < 4.78 is 1.76. The van der Waals surface area contributed by atoms with Crippen LogP contribution in [0.5, 0.6) is 5.75 Å². The highest BCUT2D eigenvalue weighted by Gasteiger charge is 2.31. The molecule has 0 fully saturated rings. The Kier molecular flexibility index (Phi) is 14.5. The molecule has 9 N–H and O–H groups in total. The smallest absolute Gasteiger partial charge is 0.326 e. The van der Waals surface area contributed by atoms with E-state index in [4.69, 9.17) is 11.5 Å². The van der Waals surface area contributed by atoms with E-state index in [-0.39, 0.29) is 49.2 Å². The molecule has 3 amide bonds. The predicted octanol–water partition coefficient (Wildman–Crippen LogP) is 3.33. The molecule has 0 bridgehead atoms. The zero-order chi connectivity index (χ0) is 40.9. The van der Waals surface area contributed by atoms with E-state index in [1.165, 1.54) is 18.2 Å². The molecule has 15 nitrogen and oxygen atoms in total. The van der Waals surface area contributed by atoms with Crippen molar-refractivity contribution in [2.24, 2.45) is 11.5 Å². The number of carbonyl (C=O) groups excluding carboxylic acids is 3. The Labute approximate surface area is 329 Å². The maximum Gasteiger partial charge on any atom is 0.326 e. The number of benzene rings is 4. The lowest BCUT2D eigenvalue weighted by Gasteiger charge is -2.25. The first-order valence-corrected chi connectivity index (χ1v) is 18.6.